The number of alkyl halides is 6. The van der Waals surface area contributed by atoms with Crippen LogP contribution in [0.2, 0.25) is 0 Å². The number of rotatable bonds is 4. The van der Waals surface area contributed by atoms with Crippen LogP contribution in [0, 0.1) is 0 Å². The number of carbonyl (C=O) groups is 2. The first-order valence-electron chi connectivity index (χ1n) is 7.73. The van der Waals surface area contributed by atoms with Gasteiger partial charge in [-0.3, -0.25) is 14.6 Å². The van der Waals surface area contributed by atoms with Crippen molar-refractivity contribution in [1.82, 2.24) is 15.3 Å². The number of halogens is 6. The molecule has 1 unspecified atom stereocenters. The highest BCUT2D eigenvalue weighted by atomic mass is 19.4. The number of Topliss-reactive ketones (excluding diaryl/α,β-unsaturated/α-hetero) is 1. The first-order chi connectivity index (χ1) is 12.8. The number of amides is 1. The van der Waals surface area contributed by atoms with Crippen LogP contribution in [0.25, 0.3) is 0 Å². The third kappa shape index (κ3) is 4.84. The van der Waals surface area contributed by atoms with E-state index in [0.717, 1.165) is 0 Å². The largest absolute Gasteiger partial charge is 0.416 e. The topological polar surface area (TPSA) is 72.0 Å². The lowest BCUT2D eigenvalue weighted by Gasteiger charge is -2.17. The van der Waals surface area contributed by atoms with Gasteiger partial charge in [-0.1, -0.05) is 0 Å². The Morgan fingerprint density at radius 2 is 1.43 bits per heavy atom. The van der Waals surface area contributed by atoms with Gasteiger partial charge in [0.2, 0.25) is 0 Å². The van der Waals surface area contributed by atoms with E-state index >= 15 is 0 Å². The van der Waals surface area contributed by atoms with Gasteiger partial charge in [0.1, 0.15) is 5.69 Å². The highest BCUT2D eigenvalue weighted by Gasteiger charge is 2.37. The van der Waals surface area contributed by atoms with Gasteiger partial charge in [0.15, 0.2) is 5.78 Å². The molecule has 1 atom stereocenters. The maximum atomic E-state index is 12.9. The molecule has 0 saturated carbocycles. The summed E-state index contributed by atoms with van der Waals surface area (Å²) in [7, 11) is 0. The van der Waals surface area contributed by atoms with E-state index in [1.165, 1.54) is 26.2 Å². The second-order valence-electron chi connectivity index (χ2n) is 5.84. The third-order valence-corrected chi connectivity index (χ3v) is 3.67. The fourth-order valence-corrected chi connectivity index (χ4v) is 2.37. The number of nitrogens with one attached hydrogen (secondary N) is 1. The van der Waals surface area contributed by atoms with Crippen molar-refractivity contribution >= 4 is 11.7 Å². The van der Waals surface area contributed by atoms with Crippen LogP contribution in [0.15, 0.2) is 30.6 Å². The number of hydrogen-bond donors (Lipinski definition) is 1. The van der Waals surface area contributed by atoms with Gasteiger partial charge in [0.05, 0.1) is 22.9 Å². The van der Waals surface area contributed by atoms with E-state index in [1.54, 1.807) is 0 Å². The summed E-state index contributed by atoms with van der Waals surface area (Å²) in [5, 5.41) is 2.24. The Bertz CT molecular complexity index is 876. The Labute approximate surface area is 154 Å². The van der Waals surface area contributed by atoms with E-state index in [1.807, 2.05) is 0 Å². The highest BCUT2D eigenvalue weighted by Crippen LogP contribution is 2.36. The minimum atomic E-state index is -5.07. The zero-order valence-corrected chi connectivity index (χ0v) is 14.4. The molecule has 11 heteroatoms. The van der Waals surface area contributed by atoms with Gasteiger partial charge in [-0.05, 0) is 25.1 Å². The molecule has 1 aromatic carbocycles. The summed E-state index contributed by atoms with van der Waals surface area (Å²) < 4.78 is 77.5. The summed E-state index contributed by atoms with van der Waals surface area (Å²) in [6.45, 7) is 2.57. The molecule has 28 heavy (non-hydrogen) atoms. The molecule has 2 aromatic rings. The molecule has 1 amide bonds. The first-order valence-corrected chi connectivity index (χ1v) is 7.73. The van der Waals surface area contributed by atoms with Gasteiger partial charge in [-0.25, -0.2) is 4.98 Å². The van der Waals surface area contributed by atoms with Crippen LogP contribution in [-0.2, 0) is 12.4 Å². The van der Waals surface area contributed by atoms with Crippen LogP contribution in [0.5, 0.6) is 0 Å². The van der Waals surface area contributed by atoms with E-state index in [9.17, 15) is 35.9 Å². The van der Waals surface area contributed by atoms with Crippen LogP contribution in [0.4, 0.5) is 26.3 Å². The predicted octanol–water partition coefficient (Wildman–Crippen LogP) is 4.21. The van der Waals surface area contributed by atoms with Gasteiger partial charge in [-0.2, -0.15) is 26.3 Å². The van der Waals surface area contributed by atoms with E-state index < -0.39 is 46.8 Å². The Morgan fingerprint density at radius 1 is 0.929 bits per heavy atom. The molecule has 0 radical (unpaired) electrons. The van der Waals surface area contributed by atoms with Crippen molar-refractivity contribution < 1.29 is 35.9 Å². The fourth-order valence-electron chi connectivity index (χ4n) is 2.37. The quantitative estimate of drug-likeness (QED) is 0.611. The summed E-state index contributed by atoms with van der Waals surface area (Å²) in [5.41, 5.74) is -4.09. The minimum Gasteiger partial charge on any atom is -0.344 e. The normalized spacial score (nSPS) is 13.1. The minimum absolute atomic E-state index is 0.0337. The van der Waals surface area contributed by atoms with Crippen molar-refractivity contribution in [1.29, 1.82) is 0 Å². The lowest BCUT2D eigenvalue weighted by atomic mass is 10.0. The van der Waals surface area contributed by atoms with E-state index in [2.05, 4.69) is 15.3 Å². The lowest BCUT2D eigenvalue weighted by molar-refractivity contribution is -0.143. The van der Waals surface area contributed by atoms with Gasteiger partial charge in [-0.15, -0.1) is 0 Å². The Balaban J connectivity index is 2.40. The summed E-state index contributed by atoms with van der Waals surface area (Å²) in [5.74, 6) is -1.66. The number of hydrogen-bond acceptors (Lipinski definition) is 4. The maximum Gasteiger partial charge on any atom is 0.416 e. The molecule has 0 aliphatic carbocycles. The average Bonchev–Trinajstić information content (AvgIpc) is 2.59. The zero-order valence-electron chi connectivity index (χ0n) is 14.4. The Morgan fingerprint density at radius 3 is 1.89 bits per heavy atom. The molecule has 0 aliphatic heterocycles. The molecule has 1 N–H and O–H groups in total. The van der Waals surface area contributed by atoms with Crippen molar-refractivity contribution in [2.75, 3.05) is 0 Å². The smallest absolute Gasteiger partial charge is 0.344 e. The van der Waals surface area contributed by atoms with E-state index in [-0.39, 0.29) is 17.5 Å². The Hall–Kier alpha value is -2.98. The van der Waals surface area contributed by atoms with E-state index in [4.69, 9.17) is 0 Å². The summed E-state index contributed by atoms with van der Waals surface area (Å²) in [6.07, 6.45) is -7.68. The second kappa shape index (κ2) is 7.56. The summed E-state index contributed by atoms with van der Waals surface area (Å²) in [4.78, 5) is 31.6. The van der Waals surface area contributed by atoms with Crippen molar-refractivity contribution in [2.24, 2.45) is 0 Å². The molecule has 0 spiro atoms. The van der Waals surface area contributed by atoms with Gasteiger partial charge >= 0.3 is 12.4 Å². The lowest BCUT2D eigenvalue weighted by Crippen LogP contribution is -2.29. The predicted molar refractivity (Wildman–Crippen MR) is 84.4 cm³/mol. The molecule has 5 nitrogen and oxygen atoms in total. The van der Waals surface area contributed by atoms with Crippen LogP contribution in [-0.4, -0.2) is 21.7 Å². The SMILES string of the molecule is CC(=O)c1nccnc1C(C)NC(=O)c1cc(C(F)(F)F)cc(C(F)(F)F)c1. The van der Waals surface area contributed by atoms with Gasteiger partial charge < -0.3 is 5.32 Å². The average molecular weight is 405 g/mol. The number of benzene rings is 1. The van der Waals surface area contributed by atoms with Crippen LogP contribution >= 0.6 is 0 Å². The number of nitrogens with zero attached hydrogens (tertiary/aromatic N) is 2. The molecule has 150 valence electrons. The monoisotopic (exact) mass is 405 g/mol. The van der Waals surface area contributed by atoms with Crippen molar-refractivity contribution in [3.05, 3.63) is 58.7 Å². The second-order valence-corrected chi connectivity index (χ2v) is 5.84. The van der Waals surface area contributed by atoms with E-state index in [0.29, 0.717) is 12.1 Å². The molecular weight excluding hydrogens is 392 g/mol. The molecule has 2 rings (SSSR count). The molecule has 0 aliphatic rings. The summed E-state index contributed by atoms with van der Waals surface area (Å²) in [6, 6.07) is -0.430. The van der Waals surface area contributed by atoms with Crippen LogP contribution in [0.3, 0.4) is 0 Å². The van der Waals surface area contributed by atoms with Crippen molar-refractivity contribution in [2.45, 2.75) is 32.2 Å². The van der Waals surface area contributed by atoms with Crippen LogP contribution in [0.1, 0.15) is 57.6 Å². The summed E-state index contributed by atoms with van der Waals surface area (Å²) >= 11 is 0. The number of ketones is 1. The van der Waals surface area contributed by atoms with Crippen LogP contribution < -0.4 is 5.32 Å². The van der Waals surface area contributed by atoms with Gasteiger partial charge in [0.25, 0.3) is 5.91 Å². The first kappa shape index (κ1) is 21.3. The van der Waals surface area contributed by atoms with Crippen molar-refractivity contribution in [3.8, 4) is 0 Å². The molecular formula is C17H13F6N3O2. The molecule has 0 bridgehead atoms. The number of aromatic nitrogens is 2. The van der Waals surface area contributed by atoms with Crippen molar-refractivity contribution in [3.63, 3.8) is 0 Å². The third-order valence-electron chi connectivity index (χ3n) is 3.67. The Kier molecular flexibility index (Phi) is 5.76. The fraction of sp³-hybridized carbons (Fsp3) is 0.294. The number of carbonyl (C=O) groups excluding carboxylic acids is 2. The zero-order chi connectivity index (χ0) is 21.3. The molecule has 0 fully saturated rings. The molecule has 1 aromatic heterocycles. The standard InChI is InChI=1S/C17H13F6N3O2/c1-8(13-14(9(2)27)25-4-3-24-13)26-15(28)10-5-11(16(18,19)20)7-12(6-10)17(21,22)23/h3-8H,1-2H3,(H,26,28). The van der Waals surface area contributed by atoms with Gasteiger partial charge in [0, 0.05) is 24.9 Å². The molecule has 1 heterocycles. The highest BCUT2D eigenvalue weighted by molar-refractivity contribution is 5.96. The molecule has 0 saturated heterocycles. The maximum absolute atomic E-state index is 12.9.